The second-order valence-corrected chi connectivity index (χ2v) is 31.3. The van der Waals surface area contributed by atoms with Gasteiger partial charge in [-0.25, -0.2) is 4.79 Å². The third kappa shape index (κ3) is 28.1. The van der Waals surface area contributed by atoms with Gasteiger partial charge in [0.2, 0.25) is 76.8 Å². The van der Waals surface area contributed by atoms with Crippen molar-refractivity contribution in [2.45, 2.75) is 243 Å². The van der Waals surface area contributed by atoms with Crippen molar-refractivity contribution in [1.82, 2.24) is 73.6 Å². The van der Waals surface area contributed by atoms with Crippen LogP contribution in [0.3, 0.4) is 0 Å². The molecule has 2 aromatic carbocycles. The first kappa shape index (κ1) is 93.4. The van der Waals surface area contributed by atoms with Crippen molar-refractivity contribution in [3.8, 4) is 0 Å². The predicted octanol–water partition coefficient (Wildman–Crippen LogP) is -0.941. The van der Waals surface area contributed by atoms with Crippen LogP contribution in [-0.2, 0) is 94.2 Å². The van der Waals surface area contributed by atoms with Crippen LogP contribution in [0, 0.1) is 17.8 Å². The zero-order chi connectivity index (χ0) is 83.2. The normalized spacial score (nSPS) is 27.6. The Bertz CT molecular complexity index is 3600. The number of carbonyl (C=O) groups excluding carboxylic acids is 15. The zero-order valence-electron chi connectivity index (χ0n) is 65.8. The smallest absolute Gasteiger partial charge is 0.331 e. The van der Waals surface area contributed by atoms with Gasteiger partial charge in [0.15, 0.2) is 12.3 Å². The van der Waals surface area contributed by atoms with Gasteiger partial charge in [-0.1, -0.05) is 157 Å². The van der Waals surface area contributed by atoms with E-state index in [1.165, 1.54) is 39.8 Å². The summed E-state index contributed by atoms with van der Waals surface area (Å²) in [5, 5.41) is 61.7. The van der Waals surface area contributed by atoms with Crippen LogP contribution >= 0.6 is 21.6 Å². The number of nitrogens with zero attached hydrogens (tertiary/aromatic N) is 2. The van der Waals surface area contributed by atoms with Gasteiger partial charge >= 0.3 is 5.97 Å². The fraction of sp³-hybridized carbons (Fsp3) is 0.618. The predicted molar refractivity (Wildman–Crippen MR) is 415 cm³/mol. The molecule has 0 aromatic heterocycles. The molecule has 36 heteroatoms. The number of benzene rings is 2. The summed E-state index contributed by atoms with van der Waals surface area (Å²) in [5.41, 5.74) is 0.427. The Labute approximate surface area is 661 Å². The Hall–Kier alpha value is -9.23. The van der Waals surface area contributed by atoms with E-state index < -0.39 is 217 Å². The number of nitrogens with one attached hydrogen (secondary N) is 12. The molecule has 14 amide bonds. The van der Waals surface area contributed by atoms with Crippen molar-refractivity contribution in [2.75, 3.05) is 38.8 Å². The Morgan fingerprint density at radius 1 is 0.607 bits per heavy atom. The van der Waals surface area contributed by atoms with Gasteiger partial charge in [0.1, 0.15) is 78.6 Å². The standard InChI is InChI=1S/C76H114N14O20S2/c1-14-40(5)33-50-66(98)80-49(17-4)74(106)89(12)62(46(11)109-13)73(105)85-54(37-91)76(108)110-45(10)61-72(104)84-53(36-48-27-22-19-23-28-48)75(107)90-32-24-29-57(90)70(102)86-56(69(101)87-60(42(7)16-3)71(103)78-44(9)64(96)81-50)39-112-111-38-55(79-58(92)30-31-59(93)94)68(100)83-52(35-47-25-20-18-21-26-47)65(97)77-43(8)63(95)82-51(67(99)88-61)34-41(6)15-2/h18-23,25-28,40-43,45-46,49-57,59-62,91,93-94H,9,14-17,24,29-39H2,1-8,10-13H3,(H,77,97)(H,78,103)(H,79,92)(H,80,98)(H,81,96)(H,82,95)(H,83,100)(H,84,104)(H,85,105)(H,86,102)(H,87,101)(H,88,99)/t40-,41+,42+,43-,45-,46-,49?,50+,51?,52-,53-,54+,55+,56+,57+,60?,61-,62+/m1/s1. The van der Waals surface area contributed by atoms with E-state index in [1.54, 1.807) is 102 Å². The van der Waals surface area contributed by atoms with Crippen molar-refractivity contribution in [2.24, 2.45) is 17.8 Å². The van der Waals surface area contributed by atoms with E-state index in [4.69, 9.17) is 9.47 Å². The van der Waals surface area contributed by atoms with Crippen molar-refractivity contribution in [3.63, 3.8) is 0 Å². The maximum Gasteiger partial charge on any atom is 0.331 e. The van der Waals surface area contributed by atoms with E-state index >= 15 is 24.0 Å². The molecule has 15 N–H and O–H groups in total. The molecule has 620 valence electrons. The molecule has 3 heterocycles. The fourth-order valence-electron chi connectivity index (χ4n) is 12.5. The molecule has 0 aliphatic carbocycles. The molecule has 3 saturated heterocycles. The lowest BCUT2D eigenvalue weighted by molar-refractivity contribution is -0.158. The van der Waals surface area contributed by atoms with Gasteiger partial charge in [-0.2, -0.15) is 0 Å². The molecule has 18 atom stereocenters. The first-order valence-corrected chi connectivity index (χ1v) is 40.5. The number of fused-ring (bicyclic) bond motifs is 6. The van der Waals surface area contributed by atoms with Crippen molar-refractivity contribution >= 4 is 110 Å². The number of rotatable bonds is 20. The topological polar surface area (TPSA) is 486 Å². The van der Waals surface area contributed by atoms with E-state index in [0.717, 1.165) is 26.5 Å². The maximum absolute atomic E-state index is 15.5. The van der Waals surface area contributed by atoms with Gasteiger partial charge in [-0.3, -0.25) is 67.1 Å². The Kier molecular flexibility index (Phi) is 38.4. The Balaban J connectivity index is 1.80. The van der Waals surface area contributed by atoms with Crippen LogP contribution in [0.5, 0.6) is 0 Å². The van der Waals surface area contributed by atoms with Gasteiger partial charge < -0.3 is 98.4 Å². The number of amides is 14. The van der Waals surface area contributed by atoms with Crippen LogP contribution < -0.4 is 63.8 Å². The van der Waals surface area contributed by atoms with Crippen LogP contribution in [0.4, 0.5) is 0 Å². The molecule has 2 bridgehead atoms. The first-order chi connectivity index (χ1) is 53.1. The van der Waals surface area contributed by atoms with Crippen LogP contribution in [0.1, 0.15) is 145 Å². The largest absolute Gasteiger partial charge is 0.458 e. The summed E-state index contributed by atoms with van der Waals surface area (Å²) >= 11 is 0. The van der Waals surface area contributed by atoms with Crippen molar-refractivity contribution in [3.05, 3.63) is 84.1 Å². The summed E-state index contributed by atoms with van der Waals surface area (Å²) < 4.78 is 11.5. The second kappa shape index (κ2) is 46.1. The lowest BCUT2D eigenvalue weighted by atomic mass is 9.97. The van der Waals surface area contributed by atoms with E-state index in [9.17, 15) is 63.3 Å². The van der Waals surface area contributed by atoms with Crippen molar-refractivity contribution in [1.29, 1.82) is 0 Å². The maximum atomic E-state index is 15.5. The van der Waals surface area contributed by atoms with Gasteiger partial charge in [-0.15, -0.1) is 0 Å². The molecule has 3 aliphatic rings. The molecule has 2 aromatic rings. The molecule has 0 spiro atoms. The third-order valence-electron chi connectivity index (χ3n) is 20.1. The molecular weight excluding hydrogens is 1490 g/mol. The highest BCUT2D eigenvalue weighted by atomic mass is 33.1. The van der Waals surface area contributed by atoms with Gasteiger partial charge in [0, 0.05) is 57.9 Å². The number of carbonyl (C=O) groups is 15. The van der Waals surface area contributed by atoms with E-state index in [2.05, 4.69) is 70.4 Å². The minimum Gasteiger partial charge on any atom is -0.458 e. The van der Waals surface area contributed by atoms with E-state index in [0.29, 0.717) is 24.0 Å². The summed E-state index contributed by atoms with van der Waals surface area (Å²) in [6, 6.07) is -3.94. The number of methoxy groups -OCH3 is 1. The second-order valence-electron chi connectivity index (χ2n) is 28.8. The Morgan fingerprint density at radius 2 is 1.15 bits per heavy atom. The average molecular weight is 1610 g/mol. The fourth-order valence-corrected chi connectivity index (χ4v) is 14.9. The van der Waals surface area contributed by atoms with E-state index in [-0.39, 0.29) is 81.3 Å². The highest BCUT2D eigenvalue weighted by molar-refractivity contribution is 8.76. The molecule has 0 saturated carbocycles. The number of hydrogen-bond donors (Lipinski definition) is 15. The highest BCUT2D eigenvalue weighted by Gasteiger charge is 2.45. The number of likely N-dealkylation sites (N-methyl/N-ethyl adjacent to an activating group) is 1. The Morgan fingerprint density at radius 3 is 1.72 bits per heavy atom. The number of cyclic esters (lactones) is 1. The summed E-state index contributed by atoms with van der Waals surface area (Å²) in [4.78, 5) is 224. The number of aliphatic hydroxyl groups excluding tert-OH is 2. The molecule has 5 rings (SSSR count). The van der Waals surface area contributed by atoms with E-state index in [1.807, 2.05) is 6.92 Å². The summed E-state index contributed by atoms with van der Waals surface area (Å²) in [6.45, 7) is 18.5. The van der Waals surface area contributed by atoms with Gasteiger partial charge in [0.25, 0.3) is 5.91 Å². The monoisotopic (exact) mass is 1610 g/mol. The average Bonchev–Trinajstić information content (AvgIpc) is 1.43. The third-order valence-corrected chi connectivity index (χ3v) is 22.6. The van der Waals surface area contributed by atoms with Gasteiger partial charge in [0.05, 0.1) is 18.4 Å². The molecule has 112 heavy (non-hydrogen) atoms. The molecule has 3 unspecified atom stereocenters. The van der Waals surface area contributed by atoms with Crippen LogP contribution in [0.25, 0.3) is 0 Å². The SMILES string of the molecule is C=C1NC(=O)C([C@@H](C)CC)NC(=O)[C@@H]2CSSC[C@H](NC(=O)CCC(O)O)C(=O)N[C@H](Cc3ccccc3)C(=O)N[C@H](C)C(=O)NC(C[C@@H](C)CC)C(=O)N[C@@H](C(=O)N[C@H](Cc3ccccc3)C(=O)N3CCC[C@H]3C(=O)N2)[C@@H](C)OC(=O)[C@H](CO)NC(=O)[C@H]([C@@H](C)OC)N(C)C(=O)C(CC)NC(=O)[C@H](C[C@H](C)CC)NC1=O. The minimum absolute atomic E-state index is 0.00502. The van der Waals surface area contributed by atoms with Crippen LogP contribution in [0.15, 0.2) is 72.9 Å². The number of ether oxygens (including phenoxy) is 2. The van der Waals surface area contributed by atoms with Crippen molar-refractivity contribution < 1.29 is 96.7 Å². The molecule has 0 radical (unpaired) electrons. The molecule has 34 nitrogen and oxygen atoms in total. The van der Waals surface area contributed by atoms with Gasteiger partial charge in [-0.05, 0) is 81.8 Å². The summed E-state index contributed by atoms with van der Waals surface area (Å²) in [7, 11) is 4.27. The quantitative estimate of drug-likeness (QED) is 0.0329. The summed E-state index contributed by atoms with van der Waals surface area (Å²) in [6.07, 6.45) is -5.17. The number of hydrogen-bond acceptors (Lipinski definition) is 22. The molecule has 3 fully saturated rings. The number of aliphatic hydroxyl groups is 3. The number of esters is 1. The first-order valence-electron chi connectivity index (χ1n) is 38.0. The lowest BCUT2D eigenvalue weighted by Crippen LogP contribution is -2.63. The summed E-state index contributed by atoms with van der Waals surface area (Å²) in [5.74, 6) is -16.9. The van der Waals surface area contributed by atoms with Crippen LogP contribution in [-0.4, -0.2) is 250 Å². The minimum atomic E-state index is -2.04. The van der Waals surface area contributed by atoms with Crippen LogP contribution in [0.2, 0.25) is 0 Å². The molecular formula is C76H114N14O20S2. The molecule has 3 aliphatic heterocycles. The highest BCUT2D eigenvalue weighted by Crippen LogP contribution is 2.27. The lowest BCUT2D eigenvalue weighted by Gasteiger charge is -2.35. The zero-order valence-corrected chi connectivity index (χ0v) is 67.4.